The molecular formula is C27H41N3O2. The fourth-order valence-corrected chi connectivity index (χ4v) is 4.47. The molecule has 2 heterocycles. The van der Waals surface area contributed by atoms with Crippen molar-refractivity contribution in [2.75, 3.05) is 11.9 Å². The van der Waals surface area contributed by atoms with E-state index in [4.69, 9.17) is 4.98 Å². The predicted molar refractivity (Wildman–Crippen MR) is 133 cm³/mol. The summed E-state index contributed by atoms with van der Waals surface area (Å²) in [4.78, 5) is 16.9. The summed E-state index contributed by atoms with van der Waals surface area (Å²) >= 11 is 0. The molecule has 2 aromatic heterocycles. The first-order chi connectivity index (χ1) is 14.8. The predicted octanol–water partition coefficient (Wildman–Crippen LogP) is 6.89. The molecule has 0 unspecified atom stereocenters. The Labute approximate surface area is 193 Å². The lowest BCUT2D eigenvalue weighted by Gasteiger charge is -2.25. The van der Waals surface area contributed by atoms with Crippen LogP contribution in [0.5, 0.6) is 0 Å². The van der Waals surface area contributed by atoms with Crippen molar-refractivity contribution in [1.29, 1.82) is 0 Å². The number of carboxylic acids is 1. The average Bonchev–Trinajstić information content (AvgIpc) is 3.02. The minimum Gasteiger partial charge on any atom is -0.478 e. The summed E-state index contributed by atoms with van der Waals surface area (Å²) in [6.07, 6.45) is 6.31. The van der Waals surface area contributed by atoms with E-state index in [0.29, 0.717) is 11.5 Å². The van der Waals surface area contributed by atoms with Gasteiger partial charge in [-0.25, -0.2) is 9.78 Å². The smallest absolute Gasteiger partial charge is 0.337 e. The number of aromatic nitrogens is 2. The molecule has 2 aromatic rings. The van der Waals surface area contributed by atoms with E-state index in [1.54, 1.807) is 0 Å². The van der Waals surface area contributed by atoms with Gasteiger partial charge >= 0.3 is 5.97 Å². The zero-order valence-electron chi connectivity index (χ0n) is 21.0. The summed E-state index contributed by atoms with van der Waals surface area (Å²) in [5.41, 5.74) is 4.29. The third-order valence-electron chi connectivity index (χ3n) is 6.45. The Balaban J connectivity index is 2.09. The Morgan fingerprint density at radius 1 is 1.09 bits per heavy atom. The molecule has 1 saturated carbocycles. The van der Waals surface area contributed by atoms with E-state index in [0.717, 1.165) is 41.6 Å². The van der Waals surface area contributed by atoms with Crippen molar-refractivity contribution in [3.8, 4) is 11.3 Å². The number of hydrogen-bond acceptors (Lipinski definition) is 3. The maximum Gasteiger partial charge on any atom is 0.337 e. The topological polar surface area (TPSA) is 67.2 Å². The molecule has 1 fully saturated rings. The van der Waals surface area contributed by atoms with E-state index in [9.17, 15) is 9.90 Å². The normalized spacial score (nSPS) is 15.7. The van der Waals surface area contributed by atoms with E-state index < -0.39 is 5.97 Å². The zero-order chi connectivity index (χ0) is 23.7. The molecule has 3 rings (SSSR count). The van der Waals surface area contributed by atoms with Gasteiger partial charge in [0.25, 0.3) is 0 Å². The SMILES string of the molecule is Cc1c(C(=O)O)cc(-c2cc(NCC(C)(C)C)nc(C(C)(C)C)c2)n1CC1CCCCC1. The van der Waals surface area contributed by atoms with Crippen molar-refractivity contribution in [3.05, 3.63) is 35.2 Å². The molecular weight excluding hydrogens is 398 g/mol. The largest absolute Gasteiger partial charge is 0.478 e. The summed E-state index contributed by atoms with van der Waals surface area (Å²) < 4.78 is 2.24. The van der Waals surface area contributed by atoms with Crippen molar-refractivity contribution >= 4 is 11.8 Å². The number of carbonyl (C=O) groups is 1. The Kier molecular flexibility index (Phi) is 7.06. The number of hydrogen-bond donors (Lipinski definition) is 2. The molecule has 0 spiro atoms. The van der Waals surface area contributed by atoms with Gasteiger partial charge in [0.15, 0.2) is 0 Å². The summed E-state index contributed by atoms with van der Waals surface area (Å²) in [6, 6.07) is 6.08. The number of rotatable bonds is 6. The fraction of sp³-hybridized carbons (Fsp3) is 0.630. The molecule has 1 aliphatic carbocycles. The number of aromatic carboxylic acids is 1. The van der Waals surface area contributed by atoms with E-state index >= 15 is 0 Å². The van der Waals surface area contributed by atoms with Crippen LogP contribution in [-0.4, -0.2) is 27.2 Å². The second-order valence-electron chi connectivity index (χ2n) is 11.7. The Hall–Kier alpha value is -2.30. The summed E-state index contributed by atoms with van der Waals surface area (Å²) in [7, 11) is 0. The van der Waals surface area contributed by atoms with Gasteiger partial charge in [0.05, 0.1) is 5.56 Å². The van der Waals surface area contributed by atoms with Crippen molar-refractivity contribution in [2.45, 2.75) is 92.5 Å². The third kappa shape index (κ3) is 5.93. The number of pyridine rings is 1. The van der Waals surface area contributed by atoms with Gasteiger partial charge in [-0.05, 0) is 49.3 Å². The van der Waals surface area contributed by atoms with E-state index in [-0.39, 0.29) is 10.8 Å². The fourth-order valence-electron chi connectivity index (χ4n) is 4.47. The molecule has 176 valence electrons. The van der Waals surface area contributed by atoms with Gasteiger partial charge in [0, 0.05) is 41.1 Å². The Bertz CT molecular complexity index is 955. The van der Waals surface area contributed by atoms with Crippen LogP contribution in [0.2, 0.25) is 0 Å². The van der Waals surface area contributed by atoms with Crippen LogP contribution in [0.4, 0.5) is 5.82 Å². The molecule has 1 aliphatic rings. The maximum atomic E-state index is 12.0. The summed E-state index contributed by atoms with van der Waals surface area (Å²) in [6.45, 7) is 16.7. The second-order valence-corrected chi connectivity index (χ2v) is 11.7. The standard InChI is InChI=1S/C27H41N3O2/c1-18-21(25(31)32)15-22(30(18)16-19-11-9-8-10-12-19)20-13-23(27(5,6)7)29-24(14-20)28-17-26(2,3)4/h13-15,19H,8-12,16-17H2,1-7H3,(H,28,29)(H,31,32). The first kappa shape index (κ1) is 24.3. The van der Waals surface area contributed by atoms with E-state index in [1.165, 1.54) is 32.1 Å². The summed E-state index contributed by atoms with van der Waals surface area (Å²) in [5, 5.41) is 13.3. The lowest BCUT2D eigenvalue weighted by atomic mass is 9.89. The Morgan fingerprint density at radius 2 is 1.75 bits per heavy atom. The molecule has 0 bridgehead atoms. The first-order valence-corrected chi connectivity index (χ1v) is 12.1. The minimum absolute atomic E-state index is 0.111. The van der Waals surface area contributed by atoms with Crippen LogP contribution in [0.25, 0.3) is 11.3 Å². The number of nitrogens with one attached hydrogen (secondary N) is 1. The average molecular weight is 440 g/mol. The van der Waals surface area contributed by atoms with Crippen LogP contribution in [0.3, 0.4) is 0 Å². The number of nitrogens with zero attached hydrogens (tertiary/aromatic N) is 2. The van der Waals surface area contributed by atoms with Gasteiger partial charge in [-0.1, -0.05) is 60.8 Å². The van der Waals surface area contributed by atoms with Gasteiger partial charge in [-0.15, -0.1) is 0 Å². The molecule has 2 N–H and O–H groups in total. The van der Waals surface area contributed by atoms with Crippen molar-refractivity contribution in [1.82, 2.24) is 9.55 Å². The zero-order valence-corrected chi connectivity index (χ0v) is 21.0. The van der Waals surface area contributed by atoms with E-state index in [2.05, 4.69) is 63.6 Å². The lowest BCUT2D eigenvalue weighted by molar-refractivity contribution is 0.0696. The van der Waals surface area contributed by atoms with Crippen LogP contribution in [0.15, 0.2) is 18.2 Å². The van der Waals surface area contributed by atoms with Crippen molar-refractivity contribution < 1.29 is 9.90 Å². The molecule has 0 aliphatic heterocycles. The molecule has 32 heavy (non-hydrogen) atoms. The molecule has 0 atom stereocenters. The maximum absolute atomic E-state index is 12.0. The van der Waals surface area contributed by atoms with Gasteiger partial charge < -0.3 is 15.0 Å². The van der Waals surface area contributed by atoms with Crippen LogP contribution in [-0.2, 0) is 12.0 Å². The lowest BCUT2D eigenvalue weighted by Crippen LogP contribution is -2.21. The minimum atomic E-state index is -0.859. The molecule has 0 amide bonds. The van der Waals surface area contributed by atoms with Crippen molar-refractivity contribution in [3.63, 3.8) is 0 Å². The highest BCUT2D eigenvalue weighted by Gasteiger charge is 2.24. The second kappa shape index (κ2) is 9.29. The molecule has 5 nitrogen and oxygen atoms in total. The number of anilines is 1. The van der Waals surface area contributed by atoms with Gasteiger partial charge in [-0.3, -0.25) is 0 Å². The van der Waals surface area contributed by atoms with Gasteiger partial charge in [0.1, 0.15) is 5.82 Å². The van der Waals surface area contributed by atoms with Crippen LogP contribution >= 0.6 is 0 Å². The highest BCUT2D eigenvalue weighted by atomic mass is 16.4. The highest BCUT2D eigenvalue weighted by Crippen LogP contribution is 2.34. The molecule has 0 radical (unpaired) electrons. The van der Waals surface area contributed by atoms with Gasteiger partial charge in [-0.2, -0.15) is 0 Å². The monoisotopic (exact) mass is 439 g/mol. The number of carboxylic acid groups (broad SMARTS) is 1. The van der Waals surface area contributed by atoms with Crippen LogP contribution in [0, 0.1) is 18.3 Å². The highest BCUT2D eigenvalue weighted by molar-refractivity contribution is 5.91. The molecule has 0 saturated heterocycles. The molecule has 5 heteroatoms. The summed E-state index contributed by atoms with van der Waals surface area (Å²) in [5.74, 6) is 0.599. The molecule has 0 aromatic carbocycles. The van der Waals surface area contributed by atoms with Crippen LogP contribution < -0.4 is 5.32 Å². The third-order valence-corrected chi connectivity index (χ3v) is 6.45. The van der Waals surface area contributed by atoms with E-state index in [1.807, 2.05) is 13.0 Å². The first-order valence-electron chi connectivity index (χ1n) is 12.1. The van der Waals surface area contributed by atoms with Crippen molar-refractivity contribution in [2.24, 2.45) is 11.3 Å². The Morgan fingerprint density at radius 3 is 2.31 bits per heavy atom. The quantitative estimate of drug-likeness (QED) is 0.514. The van der Waals surface area contributed by atoms with Gasteiger partial charge in [0.2, 0.25) is 0 Å². The van der Waals surface area contributed by atoms with Crippen LogP contribution in [0.1, 0.15) is 95.4 Å².